The van der Waals surface area contributed by atoms with E-state index >= 15 is 0 Å². The van der Waals surface area contributed by atoms with E-state index in [0.29, 0.717) is 11.3 Å². The van der Waals surface area contributed by atoms with E-state index in [-0.39, 0.29) is 17.9 Å². The van der Waals surface area contributed by atoms with E-state index in [1.807, 2.05) is 36.4 Å². The van der Waals surface area contributed by atoms with E-state index in [0.717, 1.165) is 16.5 Å². The fraction of sp³-hybridized carbons (Fsp3) is 0.176. The van der Waals surface area contributed by atoms with Crippen LogP contribution >= 0.6 is 15.9 Å². The second-order valence-electron chi connectivity index (χ2n) is 5.48. The Morgan fingerprint density at radius 1 is 1.13 bits per heavy atom. The molecular formula is C17H15BrN2O3. The molecule has 5 nitrogen and oxygen atoms in total. The van der Waals surface area contributed by atoms with Gasteiger partial charge in [-0.3, -0.25) is 4.79 Å². The first-order valence-corrected chi connectivity index (χ1v) is 7.98. The molecule has 6 heteroatoms. The number of carbonyl (C=O) groups is 2. The molecule has 0 spiro atoms. The topological polar surface area (TPSA) is 78.4 Å². The Morgan fingerprint density at radius 2 is 1.87 bits per heavy atom. The van der Waals surface area contributed by atoms with Crippen molar-refractivity contribution in [2.45, 2.75) is 18.4 Å². The van der Waals surface area contributed by atoms with Crippen molar-refractivity contribution in [1.29, 1.82) is 0 Å². The van der Waals surface area contributed by atoms with Gasteiger partial charge in [-0.1, -0.05) is 34.1 Å². The number of anilines is 1. The predicted octanol–water partition coefficient (Wildman–Crippen LogP) is 3.82. The first kappa shape index (κ1) is 15.6. The first-order chi connectivity index (χ1) is 11.0. The monoisotopic (exact) mass is 374 g/mol. The van der Waals surface area contributed by atoms with Crippen molar-refractivity contribution in [3.63, 3.8) is 0 Å². The maximum atomic E-state index is 12.2. The van der Waals surface area contributed by atoms with E-state index in [4.69, 9.17) is 5.11 Å². The summed E-state index contributed by atoms with van der Waals surface area (Å²) >= 11 is 3.34. The molecule has 1 aliphatic rings. The SMILES string of the molecule is O=C(O)NC1CC1c1ccc(NC(=O)c2cccc(Br)c2)cc1. The molecule has 0 aliphatic heterocycles. The summed E-state index contributed by atoms with van der Waals surface area (Å²) in [7, 11) is 0. The highest BCUT2D eigenvalue weighted by Gasteiger charge is 2.39. The van der Waals surface area contributed by atoms with Gasteiger partial charge in [0.25, 0.3) is 5.91 Å². The molecule has 1 aliphatic carbocycles. The minimum Gasteiger partial charge on any atom is -0.465 e. The van der Waals surface area contributed by atoms with Crippen molar-refractivity contribution >= 4 is 33.6 Å². The zero-order chi connectivity index (χ0) is 16.4. The molecule has 3 N–H and O–H groups in total. The van der Waals surface area contributed by atoms with Crippen molar-refractivity contribution in [3.05, 3.63) is 64.1 Å². The molecule has 2 amide bonds. The number of carboxylic acid groups (broad SMARTS) is 1. The van der Waals surface area contributed by atoms with Gasteiger partial charge in [-0.15, -0.1) is 0 Å². The van der Waals surface area contributed by atoms with Gasteiger partial charge in [0.1, 0.15) is 0 Å². The normalized spacial score (nSPS) is 19.0. The van der Waals surface area contributed by atoms with Crippen molar-refractivity contribution in [2.75, 3.05) is 5.32 Å². The molecule has 0 radical (unpaired) electrons. The number of hydrogen-bond donors (Lipinski definition) is 3. The van der Waals surface area contributed by atoms with Gasteiger partial charge in [0, 0.05) is 27.7 Å². The summed E-state index contributed by atoms with van der Waals surface area (Å²) in [5.74, 6) is 0.0526. The molecule has 23 heavy (non-hydrogen) atoms. The third-order valence-corrected chi connectivity index (χ3v) is 4.28. The number of nitrogens with one attached hydrogen (secondary N) is 2. The smallest absolute Gasteiger partial charge is 0.404 e. The average Bonchev–Trinajstić information content (AvgIpc) is 3.26. The quantitative estimate of drug-likeness (QED) is 0.760. The third kappa shape index (κ3) is 3.90. The number of halogens is 1. The number of carbonyl (C=O) groups excluding carboxylic acids is 1. The number of hydrogen-bond acceptors (Lipinski definition) is 2. The minimum absolute atomic E-state index is 0.00499. The van der Waals surface area contributed by atoms with Gasteiger partial charge in [-0.05, 0) is 42.3 Å². The Morgan fingerprint density at radius 3 is 2.52 bits per heavy atom. The maximum Gasteiger partial charge on any atom is 0.404 e. The molecule has 0 bridgehead atoms. The van der Waals surface area contributed by atoms with Gasteiger partial charge in [0.05, 0.1) is 0 Å². The Kier molecular flexibility index (Phi) is 4.34. The zero-order valence-electron chi connectivity index (χ0n) is 12.1. The van der Waals surface area contributed by atoms with Crippen molar-refractivity contribution in [2.24, 2.45) is 0 Å². The highest BCUT2D eigenvalue weighted by Crippen LogP contribution is 2.41. The van der Waals surface area contributed by atoms with Crippen molar-refractivity contribution < 1.29 is 14.7 Å². The molecule has 1 saturated carbocycles. The lowest BCUT2D eigenvalue weighted by Crippen LogP contribution is -2.24. The van der Waals surface area contributed by atoms with Crippen LogP contribution in [0, 0.1) is 0 Å². The van der Waals surface area contributed by atoms with Gasteiger partial charge in [0.2, 0.25) is 0 Å². The van der Waals surface area contributed by atoms with Crippen LogP contribution in [0.5, 0.6) is 0 Å². The Bertz CT molecular complexity index is 746. The highest BCUT2D eigenvalue weighted by molar-refractivity contribution is 9.10. The molecule has 0 heterocycles. The van der Waals surface area contributed by atoms with Crippen LogP contribution in [0.3, 0.4) is 0 Å². The first-order valence-electron chi connectivity index (χ1n) is 7.19. The molecule has 2 aromatic rings. The van der Waals surface area contributed by atoms with Crippen LogP contribution in [0.4, 0.5) is 10.5 Å². The molecule has 2 atom stereocenters. The molecule has 3 rings (SSSR count). The number of benzene rings is 2. The van der Waals surface area contributed by atoms with Crippen molar-refractivity contribution in [3.8, 4) is 0 Å². The van der Waals surface area contributed by atoms with E-state index in [2.05, 4.69) is 26.6 Å². The Balaban J connectivity index is 1.62. The lowest BCUT2D eigenvalue weighted by Gasteiger charge is -2.07. The van der Waals surface area contributed by atoms with Crippen LogP contribution in [0.15, 0.2) is 53.0 Å². The average molecular weight is 375 g/mol. The lowest BCUT2D eigenvalue weighted by atomic mass is 10.1. The number of amides is 2. The molecule has 2 unspecified atom stereocenters. The van der Waals surface area contributed by atoms with Crippen LogP contribution in [0.2, 0.25) is 0 Å². The summed E-state index contributed by atoms with van der Waals surface area (Å²) in [6.07, 6.45) is -0.175. The van der Waals surface area contributed by atoms with E-state index in [1.165, 1.54) is 0 Å². The minimum atomic E-state index is -0.990. The fourth-order valence-corrected chi connectivity index (χ4v) is 2.93. The van der Waals surface area contributed by atoms with Gasteiger partial charge in [0.15, 0.2) is 0 Å². The number of rotatable bonds is 4. The second-order valence-corrected chi connectivity index (χ2v) is 6.40. The van der Waals surface area contributed by atoms with Crippen LogP contribution in [-0.4, -0.2) is 23.1 Å². The van der Waals surface area contributed by atoms with Gasteiger partial charge >= 0.3 is 6.09 Å². The van der Waals surface area contributed by atoms with Crippen molar-refractivity contribution in [1.82, 2.24) is 5.32 Å². The Labute approximate surface area is 141 Å². The molecule has 1 fully saturated rings. The third-order valence-electron chi connectivity index (χ3n) is 3.78. The summed E-state index contributed by atoms with van der Waals surface area (Å²) < 4.78 is 0.853. The summed E-state index contributed by atoms with van der Waals surface area (Å²) in [5.41, 5.74) is 2.36. The fourth-order valence-electron chi connectivity index (χ4n) is 2.53. The van der Waals surface area contributed by atoms with Crippen LogP contribution < -0.4 is 10.6 Å². The zero-order valence-corrected chi connectivity index (χ0v) is 13.7. The van der Waals surface area contributed by atoms with Crippen LogP contribution in [0.25, 0.3) is 0 Å². The maximum absolute atomic E-state index is 12.2. The molecular weight excluding hydrogens is 360 g/mol. The summed E-state index contributed by atoms with van der Waals surface area (Å²) in [4.78, 5) is 22.8. The second kappa shape index (κ2) is 6.42. The molecule has 0 aromatic heterocycles. The molecule has 118 valence electrons. The van der Waals surface area contributed by atoms with Gasteiger partial charge in [-0.2, -0.15) is 0 Å². The summed E-state index contributed by atoms with van der Waals surface area (Å²) in [6.45, 7) is 0. The summed E-state index contributed by atoms with van der Waals surface area (Å²) in [5, 5.41) is 14.0. The van der Waals surface area contributed by atoms with Crippen LogP contribution in [0.1, 0.15) is 28.3 Å². The van der Waals surface area contributed by atoms with Gasteiger partial charge in [-0.25, -0.2) is 4.79 Å². The van der Waals surface area contributed by atoms with Crippen LogP contribution in [-0.2, 0) is 0 Å². The van der Waals surface area contributed by atoms with E-state index in [9.17, 15) is 9.59 Å². The standard InChI is InChI=1S/C17H15BrN2O3/c18-12-3-1-2-11(8-12)16(21)19-13-6-4-10(5-7-13)14-9-15(14)20-17(22)23/h1-8,14-15,20H,9H2,(H,19,21)(H,22,23). The summed E-state index contributed by atoms with van der Waals surface area (Å²) in [6, 6.07) is 14.7. The highest BCUT2D eigenvalue weighted by atomic mass is 79.9. The van der Waals surface area contributed by atoms with E-state index in [1.54, 1.807) is 12.1 Å². The molecule has 2 aromatic carbocycles. The Hall–Kier alpha value is -2.34. The predicted molar refractivity (Wildman–Crippen MR) is 90.8 cm³/mol. The molecule has 0 saturated heterocycles. The largest absolute Gasteiger partial charge is 0.465 e. The lowest BCUT2D eigenvalue weighted by molar-refractivity contribution is 0.102. The van der Waals surface area contributed by atoms with E-state index < -0.39 is 6.09 Å². The van der Waals surface area contributed by atoms with Gasteiger partial charge < -0.3 is 15.7 Å².